The summed E-state index contributed by atoms with van der Waals surface area (Å²) in [6, 6.07) is 6.20. The van der Waals surface area contributed by atoms with Crippen molar-refractivity contribution < 1.29 is 14.3 Å². The van der Waals surface area contributed by atoms with E-state index in [1.165, 1.54) is 12.1 Å². The highest BCUT2D eigenvalue weighted by Gasteiger charge is 2.38. The Kier molecular flexibility index (Phi) is 4.14. The second-order valence-electron chi connectivity index (χ2n) is 6.18. The third kappa shape index (κ3) is 2.85. The van der Waals surface area contributed by atoms with Gasteiger partial charge in [-0.05, 0) is 44.9 Å². The monoisotopic (exact) mass is 279 g/mol. The number of benzene rings is 1. The second kappa shape index (κ2) is 5.52. The summed E-state index contributed by atoms with van der Waals surface area (Å²) >= 11 is 0. The van der Waals surface area contributed by atoms with Gasteiger partial charge in [0.1, 0.15) is 5.82 Å². The van der Waals surface area contributed by atoms with Crippen LogP contribution >= 0.6 is 0 Å². The van der Waals surface area contributed by atoms with E-state index in [4.69, 9.17) is 0 Å². The van der Waals surface area contributed by atoms with E-state index >= 15 is 0 Å². The minimum absolute atomic E-state index is 0.00810. The molecule has 2 unspecified atom stereocenters. The largest absolute Gasteiger partial charge is 0.393 e. The number of carbonyl (C=O) groups excluding carboxylic acids is 1. The Hall–Kier alpha value is -1.42. The van der Waals surface area contributed by atoms with Crippen LogP contribution in [0.4, 0.5) is 4.39 Å². The van der Waals surface area contributed by atoms with Gasteiger partial charge in [0.15, 0.2) is 0 Å². The van der Waals surface area contributed by atoms with Crippen molar-refractivity contribution in [2.24, 2.45) is 5.92 Å². The van der Waals surface area contributed by atoms with Gasteiger partial charge in [-0.2, -0.15) is 0 Å². The Morgan fingerprint density at radius 2 is 2.20 bits per heavy atom. The quantitative estimate of drug-likeness (QED) is 0.922. The highest BCUT2D eigenvalue weighted by atomic mass is 19.1. The summed E-state index contributed by atoms with van der Waals surface area (Å²) in [5.41, 5.74) is -0.0710. The standard InChI is InChI=1S/C16H22FNO2/c1-11(19)12-7-8-18(10-12)15(20)16(2,3)13-5-4-6-14(17)9-13/h4-6,9,11-12,19H,7-8,10H2,1-3H3. The van der Waals surface area contributed by atoms with Crippen molar-refractivity contribution in [3.63, 3.8) is 0 Å². The summed E-state index contributed by atoms with van der Waals surface area (Å²) in [6.45, 7) is 6.64. The van der Waals surface area contributed by atoms with Gasteiger partial charge in [-0.15, -0.1) is 0 Å². The fourth-order valence-electron chi connectivity index (χ4n) is 2.76. The average Bonchev–Trinajstić information content (AvgIpc) is 2.87. The molecule has 110 valence electrons. The molecule has 1 aromatic rings. The molecule has 1 fully saturated rings. The second-order valence-corrected chi connectivity index (χ2v) is 6.18. The van der Waals surface area contributed by atoms with Crippen LogP contribution in [0.5, 0.6) is 0 Å². The highest BCUT2D eigenvalue weighted by Crippen LogP contribution is 2.29. The van der Waals surface area contributed by atoms with E-state index in [-0.39, 0.29) is 17.6 Å². The zero-order chi connectivity index (χ0) is 14.9. The van der Waals surface area contributed by atoms with Gasteiger partial charge in [0.2, 0.25) is 5.91 Å². The van der Waals surface area contributed by atoms with E-state index < -0.39 is 11.5 Å². The van der Waals surface area contributed by atoms with Crippen molar-refractivity contribution >= 4 is 5.91 Å². The van der Waals surface area contributed by atoms with Crippen LogP contribution in [-0.2, 0) is 10.2 Å². The number of hydrogen-bond donors (Lipinski definition) is 1. The molecule has 2 rings (SSSR count). The molecule has 0 spiro atoms. The molecule has 0 aromatic heterocycles. The van der Waals surface area contributed by atoms with Crippen LogP contribution < -0.4 is 0 Å². The van der Waals surface area contributed by atoms with Crippen LogP contribution in [-0.4, -0.2) is 35.1 Å². The molecule has 1 aromatic carbocycles. The Morgan fingerprint density at radius 1 is 1.50 bits per heavy atom. The number of aliphatic hydroxyl groups is 1. The van der Waals surface area contributed by atoms with Gasteiger partial charge >= 0.3 is 0 Å². The van der Waals surface area contributed by atoms with Gasteiger partial charge in [0.25, 0.3) is 0 Å². The SMILES string of the molecule is CC(O)C1CCN(C(=O)C(C)(C)c2cccc(F)c2)C1. The van der Waals surface area contributed by atoms with E-state index in [9.17, 15) is 14.3 Å². The molecule has 1 aliphatic heterocycles. The van der Waals surface area contributed by atoms with Crippen molar-refractivity contribution in [3.05, 3.63) is 35.6 Å². The maximum atomic E-state index is 13.3. The third-order valence-corrected chi connectivity index (χ3v) is 4.28. The molecule has 4 heteroatoms. The lowest BCUT2D eigenvalue weighted by molar-refractivity contribution is -0.135. The van der Waals surface area contributed by atoms with Crippen LogP contribution in [0.3, 0.4) is 0 Å². The smallest absolute Gasteiger partial charge is 0.232 e. The molecular formula is C16H22FNO2. The lowest BCUT2D eigenvalue weighted by atomic mass is 9.83. The minimum Gasteiger partial charge on any atom is -0.393 e. The van der Waals surface area contributed by atoms with Crippen molar-refractivity contribution in [3.8, 4) is 0 Å². The molecule has 20 heavy (non-hydrogen) atoms. The van der Waals surface area contributed by atoms with Gasteiger partial charge in [0.05, 0.1) is 11.5 Å². The lowest BCUT2D eigenvalue weighted by Crippen LogP contribution is -2.42. The van der Waals surface area contributed by atoms with Crippen LogP contribution in [0.25, 0.3) is 0 Å². The number of nitrogens with zero attached hydrogens (tertiary/aromatic N) is 1. The molecular weight excluding hydrogens is 257 g/mol. The topological polar surface area (TPSA) is 40.5 Å². The molecule has 0 aliphatic carbocycles. The predicted octanol–water partition coefficient (Wildman–Crippen LogP) is 2.33. The Labute approximate surface area is 119 Å². The number of halogens is 1. The predicted molar refractivity (Wildman–Crippen MR) is 75.8 cm³/mol. The van der Waals surface area contributed by atoms with Gasteiger partial charge in [-0.3, -0.25) is 4.79 Å². The highest BCUT2D eigenvalue weighted by molar-refractivity contribution is 5.87. The molecule has 1 N–H and O–H groups in total. The number of hydrogen-bond acceptors (Lipinski definition) is 2. The number of amides is 1. The van der Waals surface area contributed by atoms with Crippen molar-refractivity contribution in [2.75, 3.05) is 13.1 Å². The molecule has 0 bridgehead atoms. The van der Waals surface area contributed by atoms with Crippen LogP contribution in [0, 0.1) is 11.7 Å². The molecule has 2 atom stereocenters. The van der Waals surface area contributed by atoms with Gasteiger partial charge in [-0.1, -0.05) is 12.1 Å². The van der Waals surface area contributed by atoms with Crippen LogP contribution in [0.2, 0.25) is 0 Å². The molecule has 0 radical (unpaired) electrons. The van der Waals surface area contributed by atoms with E-state index in [1.54, 1.807) is 24.0 Å². The van der Waals surface area contributed by atoms with Crippen molar-refractivity contribution in [2.45, 2.75) is 38.7 Å². The van der Waals surface area contributed by atoms with Crippen molar-refractivity contribution in [1.29, 1.82) is 0 Å². The summed E-state index contributed by atoms with van der Waals surface area (Å²) in [5.74, 6) is -0.194. The van der Waals surface area contributed by atoms with Crippen LogP contribution in [0.1, 0.15) is 32.8 Å². The molecule has 1 amide bonds. The van der Waals surface area contributed by atoms with E-state index in [0.717, 1.165) is 6.42 Å². The first-order chi connectivity index (χ1) is 9.32. The summed E-state index contributed by atoms with van der Waals surface area (Å²) in [6.07, 6.45) is 0.424. The van der Waals surface area contributed by atoms with Crippen LogP contribution in [0.15, 0.2) is 24.3 Å². The fourth-order valence-corrected chi connectivity index (χ4v) is 2.76. The molecule has 1 saturated heterocycles. The van der Waals surface area contributed by atoms with Gasteiger partial charge in [0, 0.05) is 19.0 Å². The first kappa shape index (κ1) is 15.0. The first-order valence-corrected chi connectivity index (χ1v) is 7.06. The summed E-state index contributed by atoms with van der Waals surface area (Å²) in [5, 5.41) is 9.62. The minimum atomic E-state index is -0.754. The Bertz CT molecular complexity index is 499. The van der Waals surface area contributed by atoms with Gasteiger partial charge < -0.3 is 10.0 Å². The third-order valence-electron chi connectivity index (χ3n) is 4.28. The van der Waals surface area contributed by atoms with E-state index in [0.29, 0.717) is 18.7 Å². The molecule has 1 aliphatic rings. The maximum absolute atomic E-state index is 13.3. The average molecular weight is 279 g/mol. The molecule has 1 heterocycles. The summed E-state index contributed by atoms with van der Waals surface area (Å²) in [7, 11) is 0. The number of carbonyl (C=O) groups is 1. The number of rotatable bonds is 3. The van der Waals surface area contributed by atoms with E-state index in [1.807, 2.05) is 13.8 Å². The fraction of sp³-hybridized carbons (Fsp3) is 0.562. The summed E-state index contributed by atoms with van der Waals surface area (Å²) < 4.78 is 13.3. The Balaban J connectivity index is 2.16. The van der Waals surface area contributed by atoms with Gasteiger partial charge in [-0.25, -0.2) is 4.39 Å². The number of aliphatic hydroxyl groups excluding tert-OH is 1. The first-order valence-electron chi connectivity index (χ1n) is 7.06. The summed E-state index contributed by atoms with van der Waals surface area (Å²) in [4.78, 5) is 14.4. The van der Waals surface area contributed by atoms with Crippen molar-refractivity contribution in [1.82, 2.24) is 4.90 Å². The normalized spacial score (nSPS) is 21.1. The number of likely N-dealkylation sites (tertiary alicyclic amines) is 1. The molecule has 3 nitrogen and oxygen atoms in total. The molecule has 0 saturated carbocycles. The zero-order valence-corrected chi connectivity index (χ0v) is 12.3. The Morgan fingerprint density at radius 3 is 2.75 bits per heavy atom. The lowest BCUT2D eigenvalue weighted by Gasteiger charge is -2.30. The van der Waals surface area contributed by atoms with E-state index in [2.05, 4.69) is 0 Å². The maximum Gasteiger partial charge on any atom is 0.232 e. The zero-order valence-electron chi connectivity index (χ0n) is 12.3.